The fourth-order valence-corrected chi connectivity index (χ4v) is 4.74. The summed E-state index contributed by atoms with van der Waals surface area (Å²) in [4.78, 5) is 26.9. The summed E-state index contributed by atoms with van der Waals surface area (Å²) in [5.41, 5.74) is 10.3. The highest BCUT2D eigenvalue weighted by Crippen LogP contribution is 2.30. The molecule has 4 rings (SSSR count). The van der Waals surface area contributed by atoms with Gasteiger partial charge >= 0.3 is 0 Å². The Balaban J connectivity index is 1.34. The first-order valence-electron chi connectivity index (χ1n) is 11.1. The van der Waals surface area contributed by atoms with Crippen molar-refractivity contribution in [2.24, 2.45) is 0 Å². The van der Waals surface area contributed by atoms with Gasteiger partial charge in [0.05, 0.1) is 6.04 Å². The monoisotopic (exact) mass is 396 g/mol. The molecule has 2 amide bonds. The Morgan fingerprint density at radius 1 is 1.10 bits per heavy atom. The Bertz CT molecular complexity index is 783. The van der Waals surface area contributed by atoms with E-state index >= 15 is 0 Å². The summed E-state index contributed by atoms with van der Waals surface area (Å²) >= 11 is 0. The lowest BCUT2D eigenvalue weighted by atomic mass is 9.84. The number of amides is 2. The van der Waals surface area contributed by atoms with Crippen LogP contribution < -0.4 is 16.2 Å². The number of hydrogen-bond acceptors (Lipinski definition) is 4. The van der Waals surface area contributed by atoms with E-state index in [2.05, 4.69) is 33.2 Å². The minimum Gasteiger partial charge on any atom is -0.326 e. The van der Waals surface area contributed by atoms with E-state index in [0.717, 1.165) is 68.6 Å². The fraction of sp³-hybridized carbons (Fsp3) is 0.565. The Hall–Kier alpha value is -2.18. The molecule has 2 aliphatic heterocycles. The lowest BCUT2D eigenvalue weighted by Gasteiger charge is -2.32. The molecule has 1 fully saturated rings. The third-order valence-corrected chi connectivity index (χ3v) is 6.32. The average molecular weight is 397 g/mol. The van der Waals surface area contributed by atoms with Crippen LogP contribution in [-0.2, 0) is 16.0 Å². The van der Waals surface area contributed by atoms with Crippen molar-refractivity contribution in [2.75, 3.05) is 25.0 Å². The molecule has 0 radical (unpaired) electrons. The number of nitrogens with zero attached hydrogens (tertiary/aromatic N) is 1. The lowest BCUT2D eigenvalue weighted by Crippen LogP contribution is -2.52. The molecule has 0 aromatic heterocycles. The van der Waals surface area contributed by atoms with E-state index in [1.54, 1.807) is 0 Å². The van der Waals surface area contributed by atoms with Gasteiger partial charge in [0.15, 0.2) is 0 Å². The molecule has 6 heteroatoms. The highest BCUT2D eigenvalue weighted by Gasteiger charge is 2.29. The van der Waals surface area contributed by atoms with Crippen LogP contribution in [-0.4, -0.2) is 42.4 Å². The van der Waals surface area contributed by atoms with E-state index in [4.69, 9.17) is 0 Å². The molecule has 1 aromatic carbocycles. The molecule has 0 bridgehead atoms. The van der Waals surface area contributed by atoms with Crippen LogP contribution in [0.2, 0.25) is 0 Å². The summed E-state index contributed by atoms with van der Waals surface area (Å²) in [6.07, 6.45) is 9.27. The zero-order valence-corrected chi connectivity index (χ0v) is 17.1. The van der Waals surface area contributed by atoms with Crippen molar-refractivity contribution in [3.05, 3.63) is 41.0 Å². The predicted octanol–water partition coefficient (Wildman–Crippen LogP) is 2.92. The third kappa shape index (κ3) is 5.25. The predicted molar refractivity (Wildman–Crippen MR) is 114 cm³/mol. The van der Waals surface area contributed by atoms with Gasteiger partial charge in [0.2, 0.25) is 5.91 Å². The summed E-state index contributed by atoms with van der Waals surface area (Å²) in [6, 6.07) is 8.22. The number of carbonyl (C=O) groups is 2. The maximum atomic E-state index is 12.4. The third-order valence-electron chi connectivity index (χ3n) is 6.32. The quantitative estimate of drug-likeness (QED) is 0.691. The number of nitrogens with one attached hydrogen (secondary N) is 3. The van der Waals surface area contributed by atoms with E-state index in [-0.39, 0.29) is 17.9 Å². The Morgan fingerprint density at radius 3 is 2.79 bits per heavy atom. The number of likely N-dealkylation sites (tertiary alicyclic amines) is 1. The number of carbonyl (C=O) groups excluding carboxylic acids is 2. The van der Waals surface area contributed by atoms with Crippen LogP contribution >= 0.6 is 0 Å². The molecule has 0 spiro atoms. The van der Waals surface area contributed by atoms with Gasteiger partial charge in [-0.05, 0) is 81.3 Å². The zero-order chi connectivity index (χ0) is 20.1. The summed E-state index contributed by atoms with van der Waals surface area (Å²) in [5, 5.41) is 3.05. The second-order valence-corrected chi connectivity index (χ2v) is 8.47. The van der Waals surface area contributed by atoms with Gasteiger partial charge in [-0.2, -0.15) is 0 Å². The summed E-state index contributed by atoms with van der Waals surface area (Å²) < 4.78 is 0. The van der Waals surface area contributed by atoms with Crippen molar-refractivity contribution in [1.82, 2.24) is 15.8 Å². The number of anilines is 1. The van der Waals surface area contributed by atoms with E-state index in [1.165, 1.54) is 24.8 Å². The van der Waals surface area contributed by atoms with Crippen LogP contribution in [0.5, 0.6) is 0 Å². The first-order valence-corrected chi connectivity index (χ1v) is 11.1. The summed E-state index contributed by atoms with van der Waals surface area (Å²) in [5.74, 6) is 0.110. The Labute approximate surface area is 173 Å². The van der Waals surface area contributed by atoms with Gasteiger partial charge < -0.3 is 10.2 Å². The van der Waals surface area contributed by atoms with Crippen molar-refractivity contribution in [2.45, 2.75) is 63.8 Å². The molecule has 29 heavy (non-hydrogen) atoms. The van der Waals surface area contributed by atoms with Gasteiger partial charge in [-0.1, -0.05) is 18.6 Å². The molecule has 1 aliphatic carbocycles. The van der Waals surface area contributed by atoms with Crippen LogP contribution in [0.1, 0.15) is 56.9 Å². The average Bonchev–Trinajstić information content (AvgIpc) is 2.75. The summed E-state index contributed by atoms with van der Waals surface area (Å²) in [6.45, 7) is 3.07. The molecule has 156 valence electrons. The van der Waals surface area contributed by atoms with Crippen LogP contribution in [0, 0.1) is 0 Å². The topological polar surface area (TPSA) is 73.5 Å². The van der Waals surface area contributed by atoms with Crippen molar-refractivity contribution >= 4 is 17.5 Å². The largest absolute Gasteiger partial charge is 0.326 e. The van der Waals surface area contributed by atoms with Crippen molar-refractivity contribution in [3.63, 3.8) is 0 Å². The van der Waals surface area contributed by atoms with Crippen LogP contribution in [0.15, 0.2) is 35.4 Å². The normalized spacial score (nSPS) is 22.8. The van der Waals surface area contributed by atoms with Crippen LogP contribution in [0.3, 0.4) is 0 Å². The van der Waals surface area contributed by atoms with Crippen LogP contribution in [0.25, 0.3) is 0 Å². The molecule has 2 heterocycles. The molecule has 0 saturated carbocycles. The minimum absolute atomic E-state index is 0.0330. The molecule has 6 nitrogen and oxygen atoms in total. The smallest absolute Gasteiger partial charge is 0.261 e. The molecular weight excluding hydrogens is 364 g/mol. The second kappa shape index (κ2) is 9.55. The van der Waals surface area contributed by atoms with E-state index in [9.17, 15) is 9.59 Å². The van der Waals surface area contributed by atoms with E-state index in [0.29, 0.717) is 6.42 Å². The number of rotatable bonds is 6. The second-order valence-electron chi connectivity index (χ2n) is 8.47. The minimum atomic E-state index is 0.0330. The SMILES string of the molecule is O=C(CCN1CCCCC1)Nc1cccc(CC2NNC(=O)C3=C2CCCC3)c1. The standard InChI is InChI=1S/C23H32N4O2/c28-22(11-14-27-12-4-1-5-13-27)24-18-8-6-7-17(15-18)16-21-19-9-2-3-10-20(19)23(29)26-25-21/h6-8,15,21,25H,1-5,9-14,16H2,(H,24,28)(H,26,29). The van der Waals surface area contributed by atoms with Gasteiger partial charge in [0, 0.05) is 24.2 Å². The number of benzene rings is 1. The highest BCUT2D eigenvalue weighted by molar-refractivity contribution is 5.95. The molecule has 1 unspecified atom stereocenters. The first-order chi connectivity index (χ1) is 14.2. The molecule has 1 atom stereocenters. The number of hydrazine groups is 1. The Morgan fingerprint density at radius 2 is 1.93 bits per heavy atom. The van der Waals surface area contributed by atoms with Gasteiger partial charge in [-0.3, -0.25) is 15.0 Å². The van der Waals surface area contributed by atoms with Crippen molar-refractivity contribution < 1.29 is 9.59 Å². The number of hydrogen-bond donors (Lipinski definition) is 3. The van der Waals surface area contributed by atoms with Crippen molar-refractivity contribution in [3.8, 4) is 0 Å². The van der Waals surface area contributed by atoms with Gasteiger partial charge in [-0.15, -0.1) is 0 Å². The van der Waals surface area contributed by atoms with Gasteiger partial charge in [0.25, 0.3) is 5.91 Å². The fourth-order valence-electron chi connectivity index (χ4n) is 4.74. The molecule has 3 aliphatic rings. The first kappa shape index (κ1) is 20.1. The molecule has 1 aromatic rings. The van der Waals surface area contributed by atoms with Crippen LogP contribution in [0.4, 0.5) is 5.69 Å². The maximum Gasteiger partial charge on any atom is 0.261 e. The highest BCUT2D eigenvalue weighted by atomic mass is 16.2. The Kier molecular flexibility index (Phi) is 6.62. The maximum absolute atomic E-state index is 12.4. The van der Waals surface area contributed by atoms with Gasteiger partial charge in [0.1, 0.15) is 0 Å². The molecular formula is C23H32N4O2. The lowest BCUT2D eigenvalue weighted by molar-refractivity contribution is -0.119. The zero-order valence-electron chi connectivity index (χ0n) is 17.1. The molecule has 3 N–H and O–H groups in total. The molecule has 1 saturated heterocycles. The summed E-state index contributed by atoms with van der Waals surface area (Å²) in [7, 11) is 0. The van der Waals surface area contributed by atoms with E-state index < -0.39 is 0 Å². The number of piperidine rings is 1. The van der Waals surface area contributed by atoms with Gasteiger partial charge in [-0.25, -0.2) is 5.43 Å². The van der Waals surface area contributed by atoms with E-state index in [1.807, 2.05) is 12.1 Å². The van der Waals surface area contributed by atoms with Crippen molar-refractivity contribution in [1.29, 1.82) is 0 Å².